The molecule has 5 nitrogen and oxygen atoms in total. The van der Waals surface area contributed by atoms with E-state index >= 15 is 0 Å². The van der Waals surface area contributed by atoms with Gasteiger partial charge in [-0.2, -0.15) is 0 Å². The minimum absolute atomic E-state index is 0.0253. The maximum absolute atomic E-state index is 11.9. The van der Waals surface area contributed by atoms with Crippen LogP contribution in [0, 0.1) is 5.92 Å². The number of hydrogen-bond acceptors (Lipinski definition) is 4. The van der Waals surface area contributed by atoms with Crippen LogP contribution < -0.4 is 14.8 Å². The predicted molar refractivity (Wildman–Crippen MR) is 110 cm³/mol. The van der Waals surface area contributed by atoms with Gasteiger partial charge < -0.3 is 10.1 Å². The standard InChI is InChI=1S/C21H28N2O3S/c1-2-27(24,25)23-21-11-7-6-8-17(21)16-26-20-14-12-19(13-15-20)22-18-9-4-3-5-10-18/h3-5,9-10,12-15,17,21-23H,2,6-8,11,16H2,1H3. The summed E-state index contributed by atoms with van der Waals surface area (Å²) in [5, 5.41) is 3.34. The molecule has 0 aliphatic heterocycles. The molecule has 1 saturated carbocycles. The normalized spacial score (nSPS) is 20.2. The summed E-state index contributed by atoms with van der Waals surface area (Å²) in [6.07, 6.45) is 4.06. The van der Waals surface area contributed by atoms with E-state index in [0.717, 1.165) is 42.8 Å². The summed E-state index contributed by atoms with van der Waals surface area (Å²) in [7, 11) is -3.18. The van der Waals surface area contributed by atoms with Crippen LogP contribution in [0.5, 0.6) is 5.75 Å². The number of rotatable bonds is 8. The summed E-state index contributed by atoms with van der Waals surface area (Å²) in [6.45, 7) is 2.20. The summed E-state index contributed by atoms with van der Waals surface area (Å²) < 4.78 is 32.6. The SMILES string of the molecule is CCS(=O)(=O)NC1CCCCC1COc1ccc(Nc2ccccc2)cc1. The zero-order valence-electron chi connectivity index (χ0n) is 15.7. The third-order valence-corrected chi connectivity index (χ3v) is 6.42. The summed E-state index contributed by atoms with van der Waals surface area (Å²) in [5.41, 5.74) is 2.04. The highest BCUT2D eigenvalue weighted by Gasteiger charge is 2.28. The average molecular weight is 389 g/mol. The van der Waals surface area contributed by atoms with Crippen LogP contribution in [0.25, 0.3) is 0 Å². The molecular formula is C21H28N2O3S. The van der Waals surface area contributed by atoms with Crippen LogP contribution >= 0.6 is 0 Å². The van der Waals surface area contributed by atoms with Crippen LogP contribution in [-0.4, -0.2) is 26.8 Å². The Balaban J connectivity index is 1.55. The molecule has 1 fully saturated rings. The Morgan fingerprint density at radius 1 is 0.963 bits per heavy atom. The number of ether oxygens (including phenoxy) is 1. The monoisotopic (exact) mass is 388 g/mol. The zero-order valence-corrected chi connectivity index (χ0v) is 16.5. The lowest BCUT2D eigenvalue weighted by Gasteiger charge is -2.31. The van der Waals surface area contributed by atoms with E-state index in [1.165, 1.54) is 0 Å². The van der Waals surface area contributed by atoms with E-state index in [9.17, 15) is 8.42 Å². The van der Waals surface area contributed by atoms with E-state index in [4.69, 9.17) is 4.74 Å². The molecule has 2 unspecified atom stereocenters. The van der Waals surface area contributed by atoms with Gasteiger partial charge in [0.25, 0.3) is 0 Å². The van der Waals surface area contributed by atoms with Gasteiger partial charge in [-0.25, -0.2) is 13.1 Å². The van der Waals surface area contributed by atoms with E-state index in [2.05, 4.69) is 10.0 Å². The van der Waals surface area contributed by atoms with Crippen molar-refractivity contribution >= 4 is 21.4 Å². The van der Waals surface area contributed by atoms with Gasteiger partial charge >= 0.3 is 0 Å². The van der Waals surface area contributed by atoms with Crippen LogP contribution in [-0.2, 0) is 10.0 Å². The lowest BCUT2D eigenvalue weighted by Crippen LogP contribution is -2.44. The topological polar surface area (TPSA) is 67.4 Å². The fraction of sp³-hybridized carbons (Fsp3) is 0.429. The second-order valence-corrected chi connectivity index (χ2v) is 9.04. The molecule has 2 N–H and O–H groups in total. The van der Waals surface area contributed by atoms with Crippen molar-refractivity contribution in [2.45, 2.75) is 38.6 Å². The lowest BCUT2D eigenvalue weighted by molar-refractivity contribution is 0.180. The van der Waals surface area contributed by atoms with Crippen LogP contribution in [0.1, 0.15) is 32.6 Å². The highest BCUT2D eigenvalue weighted by molar-refractivity contribution is 7.89. The van der Waals surface area contributed by atoms with Gasteiger partial charge in [-0.1, -0.05) is 31.0 Å². The van der Waals surface area contributed by atoms with E-state index in [1.54, 1.807) is 6.92 Å². The molecule has 0 amide bonds. The first kappa shape index (κ1) is 19.7. The third-order valence-electron chi connectivity index (χ3n) is 5.00. The maximum atomic E-state index is 11.9. The Kier molecular flexibility index (Phi) is 6.74. The van der Waals surface area contributed by atoms with Crippen molar-refractivity contribution in [1.82, 2.24) is 4.72 Å². The molecule has 0 saturated heterocycles. The van der Waals surface area contributed by atoms with Gasteiger partial charge in [0.05, 0.1) is 12.4 Å². The Labute approximate surface area is 162 Å². The van der Waals surface area contributed by atoms with Crippen LogP contribution in [0.2, 0.25) is 0 Å². The summed E-state index contributed by atoms with van der Waals surface area (Å²) in [6, 6.07) is 17.8. The van der Waals surface area contributed by atoms with Gasteiger partial charge in [-0.05, 0) is 56.2 Å². The summed E-state index contributed by atoms with van der Waals surface area (Å²) in [5.74, 6) is 1.13. The van der Waals surface area contributed by atoms with Crippen molar-refractivity contribution in [3.63, 3.8) is 0 Å². The number of sulfonamides is 1. The molecule has 27 heavy (non-hydrogen) atoms. The van der Waals surface area contributed by atoms with Crippen molar-refractivity contribution in [1.29, 1.82) is 0 Å². The molecule has 146 valence electrons. The third kappa shape index (κ3) is 5.97. The molecule has 2 aromatic carbocycles. The van der Waals surface area contributed by atoms with Crippen LogP contribution in [0.15, 0.2) is 54.6 Å². The molecule has 1 aliphatic carbocycles. The largest absolute Gasteiger partial charge is 0.493 e. The van der Waals surface area contributed by atoms with Crippen molar-refractivity contribution in [2.75, 3.05) is 17.7 Å². The first-order valence-electron chi connectivity index (χ1n) is 9.60. The zero-order chi connectivity index (χ0) is 19.1. The van der Waals surface area contributed by atoms with Crippen molar-refractivity contribution in [3.05, 3.63) is 54.6 Å². The summed E-state index contributed by atoms with van der Waals surface area (Å²) >= 11 is 0. The van der Waals surface area contributed by atoms with Gasteiger partial charge in [0.1, 0.15) is 5.75 Å². The van der Waals surface area contributed by atoms with Gasteiger partial charge in [0.2, 0.25) is 10.0 Å². The fourth-order valence-electron chi connectivity index (χ4n) is 3.40. The number of anilines is 2. The van der Waals surface area contributed by atoms with Gasteiger partial charge in [-0.3, -0.25) is 0 Å². The molecule has 1 aliphatic rings. The van der Waals surface area contributed by atoms with Gasteiger partial charge in [0.15, 0.2) is 0 Å². The molecule has 0 radical (unpaired) electrons. The van der Waals surface area contributed by atoms with Gasteiger partial charge in [0, 0.05) is 23.3 Å². The Morgan fingerprint density at radius 2 is 1.63 bits per heavy atom. The van der Waals surface area contributed by atoms with Gasteiger partial charge in [-0.15, -0.1) is 0 Å². The van der Waals surface area contributed by atoms with E-state index in [0.29, 0.717) is 6.61 Å². The lowest BCUT2D eigenvalue weighted by atomic mass is 9.86. The van der Waals surface area contributed by atoms with E-state index in [-0.39, 0.29) is 17.7 Å². The summed E-state index contributed by atoms with van der Waals surface area (Å²) in [4.78, 5) is 0. The number of hydrogen-bond donors (Lipinski definition) is 2. The molecule has 2 atom stereocenters. The minimum atomic E-state index is -3.18. The molecule has 2 aromatic rings. The highest BCUT2D eigenvalue weighted by Crippen LogP contribution is 2.27. The second-order valence-electron chi connectivity index (χ2n) is 7.00. The average Bonchev–Trinajstić information content (AvgIpc) is 2.69. The quantitative estimate of drug-likeness (QED) is 0.707. The first-order valence-corrected chi connectivity index (χ1v) is 11.3. The molecular weight excluding hydrogens is 360 g/mol. The maximum Gasteiger partial charge on any atom is 0.211 e. The predicted octanol–water partition coefficient (Wildman–Crippen LogP) is 4.31. The molecule has 0 heterocycles. The molecule has 0 spiro atoms. The smallest absolute Gasteiger partial charge is 0.211 e. The van der Waals surface area contributed by atoms with Crippen molar-refractivity contribution in [2.24, 2.45) is 5.92 Å². The fourth-order valence-corrected chi connectivity index (χ4v) is 4.34. The van der Waals surface area contributed by atoms with E-state index in [1.807, 2.05) is 54.6 Å². The highest BCUT2D eigenvalue weighted by atomic mass is 32.2. The minimum Gasteiger partial charge on any atom is -0.493 e. The Bertz CT molecular complexity index is 807. The number of benzene rings is 2. The molecule has 0 bridgehead atoms. The second kappa shape index (κ2) is 9.24. The molecule has 6 heteroatoms. The van der Waals surface area contributed by atoms with Crippen LogP contribution in [0.4, 0.5) is 11.4 Å². The number of para-hydroxylation sites is 1. The van der Waals surface area contributed by atoms with Crippen molar-refractivity contribution in [3.8, 4) is 5.75 Å². The van der Waals surface area contributed by atoms with Crippen molar-refractivity contribution < 1.29 is 13.2 Å². The van der Waals surface area contributed by atoms with E-state index < -0.39 is 10.0 Å². The van der Waals surface area contributed by atoms with Crippen LogP contribution in [0.3, 0.4) is 0 Å². The Morgan fingerprint density at radius 3 is 2.33 bits per heavy atom. The molecule has 3 rings (SSSR count). The molecule has 0 aromatic heterocycles. The first-order chi connectivity index (χ1) is 13.1. The number of nitrogens with one attached hydrogen (secondary N) is 2. The Hall–Kier alpha value is -2.05.